The minimum atomic E-state index is -0.567. The van der Waals surface area contributed by atoms with Crippen LogP contribution in [0, 0.1) is 0 Å². The molecule has 0 aromatic heterocycles. The Kier molecular flexibility index (Phi) is 6.58. The maximum Gasteiger partial charge on any atom is 0.407 e. The molecule has 2 amide bonds. The number of ether oxygens (including phenoxy) is 2. The third-order valence-corrected chi connectivity index (χ3v) is 4.53. The van der Waals surface area contributed by atoms with Crippen LogP contribution in [0.3, 0.4) is 0 Å². The number of rotatable bonds is 5. The van der Waals surface area contributed by atoms with Gasteiger partial charge in [-0.05, 0) is 57.2 Å². The average Bonchev–Trinajstić information content (AvgIpc) is 2.93. The van der Waals surface area contributed by atoms with Crippen LogP contribution in [0.1, 0.15) is 31.9 Å². The van der Waals surface area contributed by atoms with Crippen LogP contribution in [-0.2, 0) is 9.53 Å². The maximum atomic E-state index is 12.4. The summed E-state index contributed by atoms with van der Waals surface area (Å²) in [6.45, 7) is 5.86. The van der Waals surface area contributed by atoms with Crippen molar-refractivity contribution >= 4 is 52.5 Å². The van der Waals surface area contributed by atoms with E-state index < -0.39 is 11.7 Å². The summed E-state index contributed by atoms with van der Waals surface area (Å²) < 4.78 is 11.0. The monoisotopic (exact) mass is 448 g/mol. The number of fused-ring (bicyclic) bond motifs is 1. The Morgan fingerprint density at radius 2 is 1.83 bits per heavy atom. The van der Waals surface area contributed by atoms with Crippen molar-refractivity contribution in [3.8, 4) is 5.75 Å². The van der Waals surface area contributed by atoms with Gasteiger partial charge in [0.2, 0.25) is 0 Å². The minimum Gasteiger partial charge on any atom is -0.491 e. The lowest BCUT2D eigenvalue weighted by Gasteiger charge is -2.19. The van der Waals surface area contributed by atoms with E-state index >= 15 is 0 Å². The SMILES string of the molecule is CC(C)(C)OC(=O)NCCOc1ccc(Cl)cc1/C=C1/C(=O)Nc2cc(Cl)ccc21. The van der Waals surface area contributed by atoms with Crippen LogP contribution in [0.5, 0.6) is 5.75 Å². The van der Waals surface area contributed by atoms with E-state index in [1.54, 1.807) is 63.2 Å². The van der Waals surface area contributed by atoms with Gasteiger partial charge in [0, 0.05) is 26.7 Å². The first-order valence-electron chi connectivity index (χ1n) is 9.34. The van der Waals surface area contributed by atoms with Crippen molar-refractivity contribution in [2.75, 3.05) is 18.5 Å². The van der Waals surface area contributed by atoms with Crippen LogP contribution < -0.4 is 15.4 Å². The number of carbonyl (C=O) groups excluding carboxylic acids is 2. The number of hydrogen-bond acceptors (Lipinski definition) is 4. The van der Waals surface area contributed by atoms with Crippen LogP contribution in [0.2, 0.25) is 10.0 Å². The first kappa shape index (κ1) is 22.0. The lowest BCUT2D eigenvalue weighted by molar-refractivity contribution is -0.110. The van der Waals surface area contributed by atoms with Crippen molar-refractivity contribution in [2.24, 2.45) is 0 Å². The molecule has 1 aliphatic rings. The molecule has 1 heterocycles. The molecular weight excluding hydrogens is 427 g/mol. The summed E-state index contributed by atoms with van der Waals surface area (Å²) >= 11 is 12.2. The van der Waals surface area contributed by atoms with Gasteiger partial charge < -0.3 is 20.1 Å². The number of alkyl carbamates (subject to hydrolysis) is 1. The number of anilines is 1. The molecule has 0 saturated carbocycles. The molecule has 8 heteroatoms. The van der Waals surface area contributed by atoms with Gasteiger partial charge in [-0.2, -0.15) is 0 Å². The van der Waals surface area contributed by atoms with Crippen molar-refractivity contribution in [2.45, 2.75) is 26.4 Å². The highest BCUT2D eigenvalue weighted by atomic mass is 35.5. The highest BCUT2D eigenvalue weighted by Crippen LogP contribution is 2.36. The van der Waals surface area contributed by atoms with E-state index in [-0.39, 0.29) is 19.1 Å². The molecule has 30 heavy (non-hydrogen) atoms. The fourth-order valence-corrected chi connectivity index (χ4v) is 3.21. The number of nitrogens with one attached hydrogen (secondary N) is 2. The summed E-state index contributed by atoms with van der Waals surface area (Å²) in [5.41, 5.74) is 1.98. The predicted molar refractivity (Wildman–Crippen MR) is 119 cm³/mol. The van der Waals surface area contributed by atoms with E-state index in [1.807, 2.05) is 0 Å². The molecule has 0 saturated heterocycles. The molecular formula is C22H22Cl2N2O4. The highest BCUT2D eigenvalue weighted by molar-refractivity contribution is 6.37. The van der Waals surface area contributed by atoms with E-state index in [4.69, 9.17) is 32.7 Å². The molecule has 1 aliphatic heterocycles. The zero-order valence-electron chi connectivity index (χ0n) is 16.8. The van der Waals surface area contributed by atoms with E-state index in [1.165, 1.54) is 0 Å². The Balaban J connectivity index is 1.73. The van der Waals surface area contributed by atoms with Gasteiger partial charge in [-0.15, -0.1) is 0 Å². The minimum absolute atomic E-state index is 0.218. The van der Waals surface area contributed by atoms with Gasteiger partial charge in [0.25, 0.3) is 5.91 Å². The molecule has 0 unspecified atom stereocenters. The Hall–Kier alpha value is -2.70. The smallest absolute Gasteiger partial charge is 0.407 e. The summed E-state index contributed by atoms with van der Waals surface area (Å²) in [6.07, 6.45) is 1.21. The standard InChI is InChI=1S/C22H22Cl2N2O4/c1-22(2,3)30-21(28)25-8-9-29-19-7-5-14(23)10-13(19)11-17-16-6-4-15(24)12-18(16)26-20(17)27/h4-7,10-12H,8-9H2,1-3H3,(H,25,28)(H,26,27)/b17-11+. The molecule has 0 spiro atoms. The van der Waals surface area contributed by atoms with Gasteiger partial charge in [0.1, 0.15) is 18.0 Å². The second-order valence-electron chi connectivity index (χ2n) is 7.66. The second-order valence-corrected chi connectivity index (χ2v) is 8.53. The van der Waals surface area contributed by atoms with Crippen LogP contribution in [0.4, 0.5) is 10.5 Å². The van der Waals surface area contributed by atoms with Crippen molar-refractivity contribution in [1.82, 2.24) is 5.32 Å². The molecule has 0 aliphatic carbocycles. The summed E-state index contributed by atoms with van der Waals surface area (Å²) in [4.78, 5) is 24.2. The molecule has 158 valence electrons. The number of halogens is 2. The fourth-order valence-electron chi connectivity index (χ4n) is 2.86. The maximum absolute atomic E-state index is 12.4. The predicted octanol–water partition coefficient (Wildman–Crippen LogP) is 5.39. The summed E-state index contributed by atoms with van der Waals surface area (Å²) in [6, 6.07) is 10.4. The number of amides is 2. The molecule has 2 aromatic rings. The van der Waals surface area contributed by atoms with E-state index in [0.717, 1.165) is 5.56 Å². The van der Waals surface area contributed by atoms with Crippen molar-refractivity contribution < 1.29 is 19.1 Å². The van der Waals surface area contributed by atoms with Crippen molar-refractivity contribution in [3.05, 3.63) is 57.6 Å². The van der Waals surface area contributed by atoms with Crippen LogP contribution in [0.25, 0.3) is 11.6 Å². The number of hydrogen-bond donors (Lipinski definition) is 2. The van der Waals surface area contributed by atoms with Gasteiger partial charge in [0.05, 0.1) is 12.2 Å². The Morgan fingerprint density at radius 1 is 1.13 bits per heavy atom. The van der Waals surface area contributed by atoms with Gasteiger partial charge in [-0.25, -0.2) is 4.79 Å². The molecule has 2 aromatic carbocycles. The lowest BCUT2D eigenvalue weighted by Crippen LogP contribution is -2.34. The largest absolute Gasteiger partial charge is 0.491 e. The van der Waals surface area contributed by atoms with Gasteiger partial charge >= 0.3 is 6.09 Å². The fraction of sp³-hybridized carbons (Fsp3) is 0.273. The second kappa shape index (κ2) is 8.98. The molecule has 2 N–H and O–H groups in total. The van der Waals surface area contributed by atoms with Gasteiger partial charge in [0.15, 0.2) is 0 Å². The Bertz CT molecular complexity index is 1010. The zero-order chi connectivity index (χ0) is 21.9. The average molecular weight is 449 g/mol. The molecule has 0 bridgehead atoms. The first-order valence-corrected chi connectivity index (χ1v) is 10.1. The van der Waals surface area contributed by atoms with Gasteiger partial charge in [-0.3, -0.25) is 4.79 Å². The Morgan fingerprint density at radius 3 is 2.57 bits per heavy atom. The van der Waals surface area contributed by atoms with Gasteiger partial charge in [-0.1, -0.05) is 29.3 Å². The summed E-state index contributed by atoms with van der Waals surface area (Å²) in [5, 5.41) is 6.48. The third-order valence-electron chi connectivity index (χ3n) is 4.06. The van der Waals surface area contributed by atoms with Crippen LogP contribution >= 0.6 is 23.2 Å². The quantitative estimate of drug-likeness (QED) is 0.474. The number of benzene rings is 2. The molecule has 6 nitrogen and oxygen atoms in total. The molecule has 0 radical (unpaired) electrons. The molecule has 0 atom stereocenters. The summed E-state index contributed by atoms with van der Waals surface area (Å²) in [7, 11) is 0. The van der Waals surface area contributed by atoms with E-state index in [9.17, 15) is 9.59 Å². The van der Waals surface area contributed by atoms with Crippen LogP contribution in [0.15, 0.2) is 36.4 Å². The van der Waals surface area contributed by atoms with Crippen molar-refractivity contribution in [3.63, 3.8) is 0 Å². The number of carbonyl (C=O) groups is 2. The summed E-state index contributed by atoms with van der Waals surface area (Å²) in [5.74, 6) is 0.304. The normalized spacial score (nSPS) is 14.3. The lowest BCUT2D eigenvalue weighted by atomic mass is 10.0. The van der Waals surface area contributed by atoms with Crippen LogP contribution in [-0.4, -0.2) is 30.8 Å². The molecule has 0 fully saturated rings. The first-order chi connectivity index (χ1) is 14.1. The highest BCUT2D eigenvalue weighted by Gasteiger charge is 2.24. The Labute approximate surface area is 185 Å². The van der Waals surface area contributed by atoms with E-state index in [2.05, 4.69) is 10.6 Å². The molecule has 3 rings (SSSR count). The topological polar surface area (TPSA) is 76.7 Å². The third kappa shape index (κ3) is 5.68. The zero-order valence-corrected chi connectivity index (χ0v) is 18.4. The van der Waals surface area contributed by atoms with E-state index in [0.29, 0.717) is 32.6 Å². The van der Waals surface area contributed by atoms with Crippen molar-refractivity contribution in [1.29, 1.82) is 0 Å².